The van der Waals surface area contributed by atoms with Crippen molar-refractivity contribution in [1.29, 1.82) is 5.26 Å². The van der Waals surface area contributed by atoms with Crippen molar-refractivity contribution >= 4 is 11.7 Å². The van der Waals surface area contributed by atoms with E-state index in [1.165, 1.54) is 6.20 Å². The minimum absolute atomic E-state index is 0.227. The lowest BCUT2D eigenvalue weighted by atomic mass is 10.1. The van der Waals surface area contributed by atoms with Crippen molar-refractivity contribution in [2.24, 2.45) is 0 Å². The summed E-state index contributed by atoms with van der Waals surface area (Å²) in [6, 6.07) is 17.7. The highest BCUT2D eigenvalue weighted by molar-refractivity contribution is 6.04. The number of benzene rings is 2. The smallest absolute Gasteiger partial charge is 0.256 e. The monoisotopic (exact) mass is 485 g/mol. The van der Waals surface area contributed by atoms with Crippen molar-refractivity contribution in [3.63, 3.8) is 0 Å². The average Bonchev–Trinajstić information content (AvgIpc) is 2.88. The van der Waals surface area contributed by atoms with Gasteiger partial charge in [0.2, 0.25) is 0 Å². The molecule has 1 atom stereocenters. The standard InChI is InChI=1S/C28H27N3O5/c1-20(19-34-3)36-26-15-22(8-7-21-5-4-6-25(14-21)35-12-11-33-2)13-24(16-26)28(32)31-27-10-9-23(17-29)18-30-27/h4-6,9-10,13-16,18,20H,11-12,19H2,1-3H3,(H,30,31,32)/t20-/m0/s1. The first-order valence-corrected chi connectivity index (χ1v) is 11.2. The molecule has 0 aliphatic rings. The zero-order valence-electron chi connectivity index (χ0n) is 20.4. The second-order valence-electron chi connectivity index (χ2n) is 7.75. The van der Waals surface area contributed by atoms with Crippen molar-refractivity contribution in [3.05, 3.63) is 83.0 Å². The number of aromatic nitrogens is 1. The Morgan fingerprint density at radius 2 is 1.78 bits per heavy atom. The molecule has 0 aliphatic heterocycles. The molecule has 1 N–H and O–H groups in total. The quantitative estimate of drug-likeness (QED) is 0.341. The summed E-state index contributed by atoms with van der Waals surface area (Å²) in [5, 5.41) is 11.7. The van der Waals surface area contributed by atoms with Gasteiger partial charge in [-0.05, 0) is 55.5 Å². The normalized spacial score (nSPS) is 10.9. The number of pyridine rings is 1. The summed E-state index contributed by atoms with van der Waals surface area (Å²) in [7, 11) is 3.22. The van der Waals surface area contributed by atoms with Crippen molar-refractivity contribution in [3.8, 4) is 29.4 Å². The number of nitrogens with zero attached hydrogens (tertiary/aromatic N) is 2. The minimum Gasteiger partial charge on any atom is -0.491 e. The van der Waals surface area contributed by atoms with Gasteiger partial charge in [0, 0.05) is 37.1 Å². The summed E-state index contributed by atoms with van der Waals surface area (Å²) in [5.74, 6) is 7.34. The zero-order valence-corrected chi connectivity index (χ0v) is 20.4. The fourth-order valence-electron chi connectivity index (χ4n) is 3.14. The van der Waals surface area contributed by atoms with Crippen LogP contribution in [0.4, 0.5) is 5.82 Å². The van der Waals surface area contributed by atoms with E-state index in [4.69, 9.17) is 24.2 Å². The Balaban J connectivity index is 1.86. The van der Waals surface area contributed by atoms with Gasteiger partial charge in [0.05, 0.1) is 18.8 Å². The lowest BCUT2D eigenvalue weighted by molar-refractivity contribution is 0.0917. The van der Waals surface area contributed by atoms with E-state index in [9.17, 15) is 4.79 Å². The second kappa shape index (κ2) is 13.5. The number of nitriles is 1. The topological polar surface area (TPSA) is 103 Å². The maximum Gasteiger partial charge on any atom is 0.256 e. The average molecular weight is 486 g/mol. The molecule has 0 unspecified atom stereocenters. The molecular weight excluding hydrogens is 458 g/mol. The van der Waals surface area contributed by atoms with Crippen LogP contribution in [0.15, 0.2) is 60.8 Å². The number of rotatable bonds is 10. The number of methoxy groups -OCH3 is 2. The largest absolute Gasteiger partial charge is 0.491 e. The number of carbonyl (C=O) groups is 1. The van der Waals surface area contributed by atoms with E-state index in [2.05, 4.69) is 22.1 Å². The Bertz CT molecular complexity index is 1270. The van der Waals surface area contributed by atoms with Crippen LogP contribution in [0.1, 0.15) is 34.0 Å². The molecule has 1 heterocycles. The van der Waals surface area contributed by atoms with Gasteiger partial charge in [-0.15, -0.1) is 0 Å². The number of ether oxygens (including phenoxy) is 4. The fraction of sp³-hybridized carbons (Fsp3) is 0.250. The molecule has 0 radical (unpaired) electrons. The molecule has 3 rings (SSSR count). The first-order valence-electron chi connectivity index (χ1n) is 11.2. The van der Waals surface area contributed by atoms with Gasteiger partial charge in [-0.3, -0.25) is 4.79 Å². The molecule has 8 nitrogen and oxygen atoms in total. The van der Waals surface area contributed by atoms with E-state index in [0.717, 1.165) is 5.56 Å². The molecule has 0 bridgehead atoms. The molecule has 3 aromatic rings. The Labute approximate surface area is 210 Å². The van der Waals surface area contributed by atoms with Crippen LogP contribution in [-0.4, -0.2) is 51.0 Å². The van der Waals surface area contributed by atoms with Gasteiger partial charge in [0.25, 0.3) is 5.91 Å². The number of hydrogen-bond acceptors (Lipinski definition) is 7. The van der Waals surface area contributed by atoms with Gasteiger partial charge >= 0.3 is 0 Å². The number of amides is 1. The Morgan fingerprint density at radius 3 is 2.50 bits per heavy atom. The van der Waals surface area contributed by atoms with E-state index in [-0.39, 0.29) is 12.0 Å². The molecule has 184 valence electrons. The Hall–Kier alpha value is -4.37. The lowest BCUT2D eigenvalue weighted by Crippen LogP contribution is -2.19. The Morgan fingerprint density at radius 1 is 0.972 bits per heavy atom. The highest BCUT2D eigenvalue weighted by atomic mass is 16.5. The van der Waals surface area contributed by atoms with Crippen LogP contribution in [0.5, 0.6) is 11.5 Å². The molecule has 1 aromatic heterocycles. The number of carbonyl (C=O) groups excluding carboxylic acids is 1. The summed E-state index contributed by atoms with van der Waals surface area (Å²) < 4.78 is 21.7. The predicted molar refractivity (Wildman–Crippen MR) is 135 cm³/mol. The highest BCUT2D eigenvalue weighted by Crippen LogP contribution is 2.20. The van der Waals surface area contributed by atoms with E-state index in [0.29, 0.717) is 53.8 Å². The molecule has 0 fully saturated rings. The predicted octanol–water partition coefficient (Wildman–Crippen LogP) is 4.04. The summed E-state index contributed by atoms with van der Waals surface area (Å²) in [6.45, 7) is 3.20. The van der Waals surface area contributed by atoms with Crippen molar-refractivity contribution in [1.82, 2.24) is 4.98 Å². The van der Waals surface area contributed by atoms with Crippen molar-refractivity contribution in [2.75, 3.05) is 39.4 Å². The molecular formula is C28H27N3O5. The lowest BCUT2D eigenvalue weighted by Gasteiger charge is -2.15. The summed E-state index contributed by atoms with van der Waals surface area (Å²) in [4.78, 5) is 17.1. The van der Waals surface area contributed by atoms with Crippen LogP contribution in [0.25, 0.3) is 0 Å². The molecule has 0 spiro atoms. The van der Waals surface area contributed by atoms with Gasteiger partial charge in [0.1, 0.15) is 36.1 Å². The summed E-state index contributed by atoms with van der Waals surface area (Å²) in [6.07, 6.45) is 1.17. The summed E-state index contributed by atoms with van der Waals surface area (Å²) >= 11 is 0. The van der Waals surface area contributed by atoms with Gasteiger partial charge in [-0.2, -0.15) is 5.26 Å². The van der Waals surface area contributed by atoms with Crippen LogP contribution < -0.4 is 14.8 Å². The third kappa shape index (κ3) is 8.14. The highest BCUT2D eigenvalue weighted by Gasteiger charge is 2.12. The van der Waals surface area contributed by atoms with Crippen LogP contribution in [-0.2, 0) is 9.47 Å². The maximum atomic E-state index is 13.0. The van der Waals surface area contributed by atoms with Crippen LogP contribution in [0, 0.1) is 23.2 Å². The SMILES string of the molecule is COCCOc1cccc(C#Cc2cc(O[C@@H](C)COC)cc(C(=O)Nc3ccc(C#N)cn3)c2)c1. The molecule has 0 saturated carbocycles. The molecule has 36 heavy (non-hydrogen) atoms. The number of nitrogens with one attached hydrogen (secondary N) is 1. The van der Waals surface area contributed by atoms with Crippen LogP contribution >= 0.6 is 0 Å². The third-order valence-corrected chi connectivity index (χ3v) is 4.78. The van der Waals surface area contributed by atoms with Crippen LogP contribution in [0.2, 0.25) is 0 Å². The van der Waals surface area contributed by atoms with Gasteiger partial charge in [-0.25, -0.2) is 4.98 Å². The summed E-state index contributed by atoms with van der Waals surface area (Å²) in [5.41, 5.74) is 2.11. The number of anilines is 1. The minimum atomic E-state index is -0.381. The van der Waals surface area contributed by atoms with Crippen molar-refractivity contribution < 1.29 is 23.7 Å². The van der Waals surface area contributed by atoms with Gasteiger partial charge < -0.3 is 24.3 Å². The molecule has 0 saturated heterocycles. The van der Waals surface area contributed by atoms with Gasteiger partial charge in [0.15, 0.2) is 0 Å². The van der Waals surface area contributed by atoms with Crippen molar-refractivity contribution in [2.45, 2.75) is 13.0 Å². The first-order chi connectivity index (χ1) is 17.5. The number of hydrogen-bond donors (Lipinski definition) is 1. The molecule has 8 heteroatoms. The Kier molecular flexibility index (Phi) is 9.84. The van der Waals surface area contributed by atoms with Gasteiger partial charge in [-0.1, -0.05) is 17.9 Å². The zero-order chi connectivity index (χ0) is 25.8. The molecule has 1 amide bonds. The van der Waals surface area contributed by atoms with E-state index in [1.54, 1.807) is 44.6 Å². The third-order valence-electron chi connectivity index (χ3n) is 4.78. The van der Waals surface area contributed by atoms with E-state index in [1.807, 2.05) is 37.3 Å². The second-order valence-corrected chi connectivity index (χ2v) is 7.75. The molecule has 2 aromatic carbocycles. The van der Waals surface area contributed by atoms with Crippen LogP contribution in [0.3, 0.4) is 0 Å². The first kappa shape index (κ1) is 26.2. The molecule has 0 aliphatic carbocycles. The maximum absolute atomic E-state index is 13.0. The fourth-order valence-corrected chi connectivity index (χ4v) is 3.14. The van der Waals surface area contributed by atoms with E-state index < -0.39 is 0 Å². The van der Waals surface area contributed by atoms with E-state index >= 15 is 0 Å².